The second-order valence-electron chi connectivity index (χ2n) is 34.1. The van der Waals surface area contributed by atoms with Crippen LogP contribution in [0.3, 0.4) is 0 Å². The number of aromatic nitrogens is 14. The Bertz CT molecular complexity index is 6400. The maximum absolute atomic E-state index is 15.5. The van der Waals surface area contributed by atoms with Gasteiger partial charge < -0.3 is 202 Å². The summed E-state index contributed by atoms with van der Waals surface area (Å²) in [6.45, 7) is -10.6. The first kappa shape index (κ1) is 118. The van der Waals surface area contributed by atoms with Crippen molar-refractivity contribution in [2.75, 3.05) is 189 Å². The Kier molecular flexibility index (Phi) is 41.0. The Morgan fingerprint density at radius 3 is 0.946 bits per heavy atom. The number of nitrogens with two attached hydrogens (primary N) is 6. The van der Waals surface area contributed by atoms with Gasteiger partial charge in [-0.1, -0.05) is 18.7 Å². The summed E-state index contributed by atoms with van der Waals surface area (Å²) in [5, 5.41) is 11.8. The van der Waals surface area contributed by atoms with Crippen molar-refractivity contribution in [3.63, 3.8) is 0 Å². The Morgan fingerprint density at radius 2 is 0.631 bits per heavy atom. The lowest BCUT2D eigenvalue weighted by molar-refractivity contribution is -0.241. The van der Waals surface area contributed by atoms with Crippen LogP contribution in [-0.4, -0.2) is 337 Å². The molecule has 0 aromatic carbocycles. The van der Waals surface area contributed by atoms with E-state index in [0.29, 0.717) is 5.56 Å². The fourth-order valence-corrected chi connectivity index (χ4v) is 22.3. The lowest BCUT2D eigenvalue weighted by atomic mass is 10.1. The third-order valence-electron chi connectivity index (χ3n) is 23.9. The minimum absolute atomic E-state index is 0.0119. The summed E-state index contributed by atoms with van der Waals surface area (Å²) in [6.07, 6.45) is -35.4. The molecule has 0 bridgehead atoms. The largest absolute Gasteiger partial charge is 0.780 e. The predicted octanol–water partition coefficient (Wildman–Crippen LogP) is -4.56. The van der Waals surface area contributed by atoms with E-state index in [1.807, 2.05) is 0 Å². The lowest BCUT2D eigenvalue weighted by Crippen LogP contribution is -2.43. The van der Waals surface area contributed by atoms with Crippen molar-refractivity contribution in [3.8, 4) is 0 Å². The standard InChI is InChI=1S/C79H121N20O43P5S2/c1-13-42-50(56(122-21-15-116-8)73(132-42)99-36-86-48-66(99)92-74(85)93-67(48)101)138-143(107,108)127-32-44-51(57(123-22-16-117-9)69(134-44)95-27-38(3)62(81)88-76(95)103)139-144(109,110)128-33-45-52(58(124-23-17-118-10)70(135-45)96-28-39(4)63(82)89-77(96)104)140-145(111,112)129-34-46-53(59(125-24-18-119-11)71(136-46)97-29-40(5)64(83)90-78(97)105)141-147(114,149)131-35-47-54(60(126-25-19-120-12)72(137-47)98-30-41(6)65(84)91-79(98)106)142-146(113,148)130-31-43-49(100)55(121-20-14-115-7)68(133-43)94-26-37(2)61(80)87-75(94)102/h26-30,36,42-47,49-60,68-73,100H,13-25,31-35H2,1-12H3,(H,107,108)(H,109,110)(H,111,112)(H,113,148)(H,114,149)(H2,80,87,102)(H2,81,88,103)(H2,82,89,104)(H2,83,90,105)(H2,84,91,106)(H3,85,92,93,101)/p-5/t42-,43-,44-,45-,46-,47-,49?,50?,51?,52?,53?,54?,55+,56+,57+,58+,59+,60+,68-,69-,70-,71-,72-,73-,146?,147?/m1/s1. The van der Waals surface area contributed by atoms with Gasteiger partial charge in [0.15, 0.2) is 55.3 Å². The van der Waals surface area contributed by atoms with Crippen LogP contribution >= 0.6 is 37.0 Å². The van der Waals surface area contributed by atoms with E-state index < -0.39 is 271 Å². The first-order chi connectivity index (χ1) is 70.7. The second kappa shape index (κ2) is 51.7. The molecular weight excluding hydrogens is 2140 g/mol. The molecule has 6 fully saturated rings. The van der Waals surface area contributed by atoms with Gasteiger partial charge in [-0.15, -0.1) is 0 Å². The molecule has 149 heavy (non-hydrogen) atoms. The minimum atomic E-state index is -6.28. The van der Waals surface area contributed by atoms with Gasteiger partial charge in [0.2, 0.25) is 5.95 Å². The number of nitrogens with zero attached hydrogens (tertiary/aromatic N) is 13. The lowest BCUT2D eigenvalue weighted by Gasteiger charge is -2.36. The molecule has 0 radical (unpaired) electrons. The van der Waals surface area contributed by atoms with Crippen LogP contribution in [0.25, 0.3) is 11.2 Å². The average Bonchev–Trinajstić information content (AvgIpc) is 1.57. The number of methoxy groups -OCH3 is 6. The number of aliphatic hydroxyl groups excluding tert-OH is 1. The molecule has 63 nitrogen and oxygen atoms in total. The van der Waals surface area contributed by atoms with E-state index in [2.05, 4.69) is 39.9 Å². The van der Waals surface area contributed by atoms with Crippen LogP contribution in [0.1, 0.15) is 78.5 Å². The SMILES string of the molecule is CC[C@H]1O[C@@H](n2cnc3c(=O)[nH]c(N)nc32)[C@@H](OCCOC)C1OP(=O)([O-])OC[C@H]1O[C@@H](n2cc(C)c(N)nc2=O)[C@@H](OCCOC)C1OP(=O)([O-])OC[C@H]1O[C@@H](n2cc(C)c(N)nc2=O)[C@@H](OCCOC)C1OP(=O)([O-])OC[C@H]1O[C@@H](n2cc(C)c(N)nc2=O)[C@@H](OCCOC)C1OP([O-])(=S)OC[C@H]1O[C@@H](n2cc(C)c(N)nc2=O)[C@@H](OCCOC)C1OP(=O)([S-])OC[C@H]1O[C@@H](n2cc(C)c(N)nc2=O)[C@@H](OCCOC)C1O. The van der Waals surface area contributed by atoms with Gasteiger partial charge in [-0.3, -0.25) is 55.4 Å². The van der Waals surface area contributed by atoms with Crippen molar-refractivity contribution in [1.29, 1.82) is 0 Å². The number of aryl methyl sites for hydroxylation is 5. The molecule has 11 unspecified atom stereocenters. The Hall–Kier alpha value is -7.85. The monoisotopic (exact) mass is 2250 g/mol. The molecule has 6 saturated heterocycles. The summed E-state index contributed by atoms with van der Waals surface area (Å²) in [5.74, 6) is -1.44. The fourth-order valence-electron chi connectivity index (χ4n) is 16.6. The van der Waals surface area contributed by atoms with E-state index in [0.717, 1.165) is 41.4 Å². The summed E-state index contributed by atoms with van der Waals surface area (Å²) in [5.41, 5.74) is 30.7. The summed E-state index contributed by atoms with van der Waals surface area (Å²) >= 11 is 11.2. The highest BCUT2D eigenvalue weighted by Gasteiger charge is 2.58. The number of nitrogens with one attached hydrogen (secondary N) is 1. The normalized spacial score (nSPS) is 29.2. The summed E-state index contributed by atoms with van der Waals surface area (Å²) in [4.78, 5) is 173. The fraction of sp³-hybridized carbons (Fsp3) is 0.684. The van der Waals surface area contributed by atoms with E-state index in [9.17, 15) is 47.9 Å². The highest BCUT2D eigenvalue weighted by atomic mass is 32.7. The molecule has 7 aromatic heterocycles. The van der Waals surface area contributed by atoms with Crippen LogP contribution in [0, 0.1) is 34.6 Å². The number of phosphoric acid groups is 3. The Labute approximate surface area is 856 Å². The van der Waals surface area contributed by atoms with Gasteiger partial charge in [0.1, 0.15) is 140 Å². The van der Waals surface area contributed by atoms with E-state index in [-0.39, 0.29) is 134 Å². The van der Waals surface area contributed by atoms with Gasteiger partial charge in [-0.25, -0.2) is 29.0 Å². The maximum Gasteiger partial charge on any atom is 0.351 e. The number of nitrogen functional groups attached to an aromatic ring is 6. The molecule has 0 amide bonds. The minimum Gasteiger partial charge on any atom is -0.780 e. The zero-order valence-electron chi connectivity index (χ0n) is 82.0. The molecule has 29 atom stereocenters. The first-order valence-electron chi connectivity index (χ1n) is 45.6. The number of hydrogen-bond acceptors (Lipinski definition) is 58. The molecule has 13 rings (SSSR count). The number of fused-ring (bicyclic) bond motifs is 1. The number of ether oxygens (including phenoxy) is 18. The van der Waals surface area contributed by atoms with Gasteiger partial charge in [0.25, 0.3) is 29.0 Å². The van der Waals surface area contributed by atoms with E-state index in [1.54, 1.807) is 13.8 Å². The summed E-state index contributed by atoms with van der Waals surface area (Å²) in [7, 11) is -10.5. The number of aliphatic hydroxyl groups is 1. The molecule has 0 aliphatic carbocycles. The van der Waals surface area contributed by atoms with E-state index in [4.69, 9.17) is 189 Å². The first-order valence-corrected chi connectivity index (χ1v) is 55.1. The van der Waals surface area contributed by atoms with Crippen molar-refractivity contribution in [3.05, 3.63) is 128 Å². The molecule has 832 valence electrons. The van der Waals surface area contributed by atoms with Crippen LogP contribution in [-0.2, 0) is 173 Å². The van der Waals surface area contributed by atoms with Gasteiger partial charge in [0, 0.05) is 101 Å². The van der Waals surface area contributed by atoms with Gasteiger partial charge in [0.05, 0.1) is 125 Å². The Morgan fingerprint density at radius 1 is 0.369 bits per heavy atom. The van der Waals surface area contributed by atoms with Gasteiger partial charge >= 0.3 is 28.4 Å². The molecule has 0 spiro atoms. The van der Waals surface area contributed by atoms with Crippen molar-refractivity contribution in [2.45, 2.75) is 195 Å². The van der Waals surface area contributed by atoms with Crippen molar-refractivity contribution < 1.29 is 173 Å². The predicted molar refractivity (Wildman–Crippen MR) is 506 cm³/mol. The number of hydrogen-bond donors (Lipinski definition) is 8. The van der Waals surface area contributed by atoms with Crippen LogP contribution in [0.4, 0.5) is 35.0 Å². The number of aromatic amines is 1. The molecule has 13 heterocycles. The smallest absolute Gasteiger partial charge is 0.351 e. The Balaban J connectivity index is 0.799. The molecular formula is C79H116N20O43P5S2-5. The van der Waals surface area contributed by atoms with Crippen LogP contribution < -0.4 is 88.0 Å². The molecule has 0 saturated carbocycles. The third kappa shape index (κ3) is 28.9. The molecule has 6 aliphatic rings. The molecule has 14 N–H and O–H groups in total. The topological polar surface area (TPSA) is 833 Å². The number of H-pyrrole nitrogens is 1. The van der Waals surface area contributed by atoms with Crippen molar-refractivity contribution >= 4 is 107 Å². The maximum atomic E-state index is 15.5. The number of phosphoric ester groups is 3. The average molecular weight is 2250 g/mol. The zero-order valence-corrected chi connectivity index (χ0v) is 88.1. The molecule has 7 aromatic rings. The summed E-state index contributed by atoms with van der Waals surface area (Å²) < 4.78 is 231. The quantitative estimate of drug-likeness (QED) is 0.0101. The zero-order chi connectivity index (χ0) is 108. The van der Waals surface area contributed by atoms with Crippen molar-refractivity contribution in [1.82, 2.24) is 67.3 Å². The molecule has 6 aliphatic heterocycles. The highest BCUT2D eigenvalue weighted by molar-refractivity contribution is 8.32. The number of anilines is 6. The van der Waals surface area contributed by atoms with E-state index in [1.165, 1.54) is 93.6 Å². The molecule has 70 heteroatoms. The van der Waals surface area contributed by atoms with Crippen LogP contribution in [0.5, 0.6) is 0 Å². The van der Waals surface area contributed by atoms with Crippen LogP contribution in [0.15, 0.2) is 66.1 Å². The van der Waals surface area contributed by atoms with Gasteiger partial charge in [-0.2, -0.15) is 29.9 Å². The number of imidazole rings is 1. The van der Waals surface area contributed by atoms with Crippen LogP contribution in [0.2, 0.25) is 0 Å². The van der Waals surface area contributed by atoms with Gasteiger partial charge in [-0.05, 0) is 41.0 Å². The summed E-state index contributed by atoms with van der Waals surface area (Å²) in [6, 6.07) is 0. The van der Waals surface area contributed by atoms with Crippen molar-refractivity contribution in [2.24, 2.45) is 0 Å². The highest BCUT2D eigenvalue weighted by Crippen LogP contribution is 2.56. The third-order valence-corrected chi connectivity index (χ3v) is 29.9. The number of rotatable bonds is 56. The van der Waals surface area contributed by atoms with E-state index >= 15 is 23.8 Å². The second-order valence-corrected chi connectivity index (χ2v) is 43.6.